The minimum absolute atomic E-state index is 0.666. The van der Waals surface area contributed by atoms with E-state index in [2.05, 4.69) is 14.5 Å². The molecule has 4 aromatic rings. The molecule has 4 aromatic heterocycles. The number of aromatic nitrogens is 4. The molecule has 0 unspecified atom stereocenters. The number of fused-ring (bicyclic) bond motifs is 7. The highest BCUT2D eigenvalue weighted by Gasteiger charge is 2.34. The lowest BCUT2D eigenvalue weighted by molar-refractivity contribution is -0.644. The first-order valence-electron chi connectivity index (χ1n) is 7.81. The molecule has 1 aliphatic heterocycles. The monoisotopic (exact) mass is 282 g/mol. The van der Waals surface area contributed by atoms with Crippen LogP contribution in [0, 0.1) is 0 Å². The second-order valence-electron chi connectivity index (χ2n) is 4.89. The lowest BCUT2D eigenvalue weighted by Crippen LogP contribution is -2.30. The predicted molar refractivity (Wildman–Crippen MR) is 78.6 cm³/mol. The SMILES string of the molecule is [2H]C([2H])([2H])n1c2[n+](c3sc4ncccc4c31)Cc1ccncc1-2. The molecule has 0 saturated carbocycles. The van der Waals surface area contributed by atoms with Gasteiger partial charge in [0.05, 0.1) is 22.0 Å². The molecule has 4 nitrogen and oxygen atoms in total. The Morgan fingerprint density at radius 1 is 1.40 bits per heavy atom. The fourth-order valence-electron chi connectivity index (χ4n) is 2.97. The second kappa shape index (κ2) is 3.43. The molecule has 0 amide bonds. The second-order valence-corrected chi connectivity index (χ2v) is 5.87. The smallest absolute Gasteiger partial charge is 0.264 e. The zero-order valence-corrected chi connectivity index (χ0v) is 11.2. The van der Waals surface area contributed by atoms with Crippen LogP contribution in [0.25, 0.3) is 32.0 Å². The Morgan fingerprint density at radius 3 is 3.35 bits per heavy atom. The largest absolute Gasteiger partial charge is 0.292 e. The Morgan fingerprint density at radius 2 is 2.40 bits per heavy atom. The number of hydrogen-bond acceptors (Lipinski definition) is 3. The van der Waals surface area contributed by atoms with Crippen LogP contribution in [0.2, 0.25) is 0 Å². The van der Waals surface area contributed by atoms with Crippen molar-refractivity contribution >= 4 is 31.9 Å². The van der Waals surface area contributed by atoms with Crippen LogP contribution in [-0.4, -0.2) is 14.5 Å². The Labute approximate surface area is 123 Å². The Hall–Kier alpha value is -2.27. The normalized spacial score (nSPS) is 15.9. The summed E-state index contributed by atoms with van der Waals surface area (Å²) in [5, 5.41) is 0.885. The van der Waals surface area contributed by atoms with Gasteiger partial charge in [-0.15, -0.1) is 0 Å². The van der Waals surface area contributed by atoms with E-state index in [4.69, 9.17) is 4.11 Å². The van der Waals surface area contributed by atoms with Crippen molar-refractivity contribution in [2.45, 2.75) is 6.54 Å². The van der Waals surface area contributed by atoms with E-state index in [1.165, 1.54) is 15.9 Å². The molecule has 0 atom stereocenters. The van der Waals surface area contributed by atoms with E-state index in [1.54, 1.807) is 18.6 Å². The summed E-state index contributed by atoms with van der Waals surface area (Å²) in [6, 6.07) is 5.73. The first-order valence-corrected chi connectivity index (χ1v) is 7.13. The van der Waals surface area contributed by atoms with Gasteiger partial charge in [0.25, 0.3) is 5.82 Å². The molecule has 5 heterocycles. The van der Waals surface area contributed by atoms with Gasteiger partial charge in [-0.25, -0.2) is 14.1 Å². The Bertz CT molecular complexity index is 1090. The highest BCUT2D eigenvalue weighted by atomic mass is 32.1. The van der Waals surface area contributed by atoms with Gasteiger partial charge in [-0.2, -0.15) is 0 Å². The topological polar surface area (TPSA) is 34.6 Å². The molecular weight excluding hydrogens is 268 g/mol. The van der Waals surface area contributed by atoms with Crippen molar-refractivity contribution in [3.63, 3.8) is 0 Å². The van der Waals surface area contributed by atoms with Crippen LogP contribution in [0.3, 0.4) is 0 Å². The number of imidazole rings is 1. The maximum atomic E-state index is 8.04. The van der Waals surface area contributed by atoms with Gasteiger partial charge in [0.2, 0.25) is 4.83 Å². The quantitative estimate of drug-likeness (QED) is 0.409. The molecule has 0 bridgehead atoms. The number of rotatable bonds is 0. The molecule has 20 heavy (non-hydrogen) atoms. The van der Waals surface area contributed by atoms with Gasteiger partial charge in [0.1, 0.15) is 11.4 Å². The lowest BCUT2D eigenvalue weighted by Gasteiger charge is -1.94. The number of aryl methyl sites for hydroxylation is 1. The van der Waals surface area contributed by atoms with Crippen LogP contribution in [-0.2, 0) is 13.5 Å². The lowest BCUT2D eigenvalue weighted by atomic mass is 10.2. The van der Waals surface area contributed by atoms with Gasteiger partial charge in [-0.3, -0.25) is 4.98 Å². The van der Waals surface area contributed by atoms with Crippen molar-refractivity contribution in [1.82, 2.24) is 14.5 Å². The summed E-state index contributed by atoms with van der Waals surface area (Å²) in [6.45, 7) is -1.60. The van der Waals surface area contributed by atoms with Crippen molar-refractivity contribution in [1.29, 1.82) is 0 Å². The maximum absolute atomic E-state index is 8.04. The summed E-state index contributed by atoms with van der Waals surface area (Å²) in [7, 11) is 0. The van der Waals surface area contributed by atoms with Gasteiger partial charge in [0, 0.05) is 24.2 Å². The molecule has 0 aromatic carbocycles. The Kier molecular flexibility index (Phi) is 1.39. The number of pyridine rings is 2. The third kappa shape index (κ3) is 1.10. The van der Waals surface area contributed by atoms with Gasteiger partial charge in [-0.05, 0) is 18.2 Å². The van der Waals surface area contributed by atoms with Crippen molar-refractivity contribution < 1.29 is 8.68 Å². The van der Waals surface area contributed by atoms with E-state index in [0.717, 1.165) is 31.7 Å². The predicted octanol–water partition coefficient (Wildman–Crippen LogP) is 2.50. The van der Waals surface area contributed by atoms with Crippen LogP contribution >= 0.6 is 11.3 Å². The summed E-state index contributed by atoms with van der Waals surface area (Å²) in [5.41, 5.74) is 2.73. The molecular formula is C15H11N4S+. The molecule has 0 saturated heterocycles. The molecule has 0 N–H and O–H groups in total. The molecule has 96 valence electrons. The number of hydrogen-bond donors (Lipinski definition) is 0. The fraction of sp³-hybridized carbons (Fsp3) is 0.133. The molecule has 5 heteroatoms. The minimum Gasteiger partial charge on any atom is -0.264 e. The molecule has 0 fully saturated rings. The van der Waals surface area contributed by atoms with E-state index >= 15 is 0 Å². The third-order valence-electron chi connectivity index (χ3n) is 3.84. The van der Waals surface area contributed by atoms with Crippen molar-refractivity contribution in [3.8, 4) is 11.4 Å². The summed E-state index contributed by atoms with van der Waals surface area (Å²) < 4.78 is 27.7. The molecule has 0 radical (unpaired) electrons. The standard InChI is InChI=1S/C15H11N4S/c1-18-12-10-3-2-5-17-13(10)20-15(12)19-8-9-4-6-16-7-11(9)14(18)19/h2-7H,8H2,1H3/q+1/i1D3. The first-order chi connectivity index (χ1) is 11.1. The summed E-state index contributed by atoms with van der Waals surface area (Å²) in [5.74, 6) is 0.708. The van der Waals surface area contributed by atoms with E-state index < -0.39 is 6.98 Å². The van der Waals surface area contributed by atoms with Crippen LogP contribution in [0.5, 0.6) is 0 Å². The average Bonchev–Trinajstić information content (AvgIpc) is 3.13. The van der Waals surface area contributed by atoms with Crippen molar-refractivity contribution in [2.75, 3.05) is 0 Å². The molecule has 0 spiro atoms. The van der Waals surface area contributed by atoms with Crippen LogP contribution in [0.15, 0.2) is 36.8 Å². The first kappa shape index (κ1) is 8.11. The third-order valence-corrected chi connectivity index (χ3v) is 4.96. The average molecular weight is 282 g/mol. The van der Waals surface area contributed by atoms with E-state index in [9.17, 15) is 0 Å². The highest BCUT2D eigenvalue weighted by Crippen LogP contribution is 2.36. The van der Waals surface area contributed by atoms with Gasteiger partial charge in [-0.1, -0.05) is 11.3 Å². The summed E-state index contributed by atoms with van der Waals surface area (Å²) >= 11 is 1.54. The zero-order valence-electron chi connectivity index (χ0n) is 13.4. The van der Waals surface area contributed by atoms with Gasteiger partial charge < -0.3 is 0 Å². The number of thiophene rings is 1. The van der Waals surface area contributed by atoms with Crippen LogP contribution in [0.1, 0.15) is 9.68 Å². The zero-order chi connectivity index (χ0) is 15.8. The minimum atomic E-state index is -2.26. The van der Waals surface area contributed by atoms with Crippen molar-refractivity contribution in [3.05, 3.63) is 42.4 Å². The van der Waals surface area contributed by atoms with Gasteiger partial charge in [0.15, 0.2) is 5.52 Å². The number of nitrogens with zero attached hydrogens (tertiary/aromatic N) is 4. The van der Waals surface area contributed by atoms with E-state index in [-0.39, 0.29) is 0 Å². The Balaban J connectivity index is 2.01. The summed E-state index contributed by atoms with van der Waals surface area (Å²) in [4.78, 5) is 10.4. The molecule has 1 aliphatic rings. The molecule has 0 aliphatic carbocycles. The summed E-state index contributed by atoms with van der Waals surface area (Å²) in [6.07, 6.45) is 5.23. The van der Waals surface area contributed by atoms with Crippen molar-refractivity contribution in [2.24, 2.45) is 6.98 Å². The van der Waals surface area contributed by atoms with E-state index in [1.807, 2.05) is 18.2 Å². The highest BCUT2D eigenvalue weighted by molar-refractivity contribution is 7.24. The molecule has 5 rings (SSSR count). The fourth-order valence-corrected chi connectivity index (χ4v) is 4.11. The van der Waals surface area contributed by atoms with Crippen LogP contribution < -0.4 is 4.57 Å². The maximum Gasteiger partial charge on any atom is 0.292 e. The van der Waals surface area contributed by atoms with E-state index in [0.29, 0.717) is 12.4 Å². The van der Waals surface area contributed by atoms with Gasteiger partial charge >= 0.3 is 0 Å². The van der Waals surface area contributed by atoms with Crippen LogP contribution in [0.4, 0.5) is 0 Å².